The summed E-state index contributed by atoms with van der Waals surface area (Å²) >= 11 is 1.57. The van der Waals surface area contributed by atoms with Crippen molar-refractivity contribution in [2.75, 3.05) is 19.7 Å². The minimum absolute atomic E-state index is 0.0255. The summed E-state index contributed by atoms with van der Waals surface area (Å²) in [6, 6.07) is 1.92. The highest BCUT2D eigenvalue weighted by molar-refractivity contribution is 7.08. The number of amides is 1. The Labute approximate surface area is 126 Å². The molecule has 1 aliphatic rings. The monoisotopic (exact) mass is 307 g/mol. The summed E-state index contributed by atoms with van der Waals surface area (Å²) in [5.74, 6) is 0.700. The smallest absolute Gasteiger partial charge is 0.246 e. The van der Waals surface area contributed by atoms with E-state index < -0.39 is 0 Å². The number of carbonyl (C=O) groups is 1. The highest BCUT2D eigenvalue weighted by atomic mass is 32.1. The predicted octanol–water partition coefficient (Wildman–Crippen LogP) is 0.632. The molecule has 2 aromatic rings. The van der Waals surface area contributed by atoms with Crippen LogP contribution in [0.4, 0.5) is 0 Å². The van der Waals surface area contributed by atoms with Crippen molar-refractivity contribution in [3.8, 4) is 11.4 Å². The minimum Gasteiger partial charge on any atom is -0.396 e. The summed E-state index contributed by atoms with van der Waals surface area (Å²) < 4.78 is 0. The summed E-state index contributed by atoms with van der Waals surface area (Å²) in [6.45, 7) is 1.58. The van der Waals surface area contributed by atoms with Gasteiger partial charge in [0.15, 0.2) is 0 Å². The van der Waals surface area contributed by atoms with Gasteiger partial charge in [0.2, 0.25) is 11.7 Å². The zero-order valence-electron chi connectivity index (χ0n) is 11.6. The molecule has 1 amide bonds. The second-order valence-electron chi connectivity index (χ2n) is 5.19. The van der Waals surface area contributed by atoms with Crippen molar-refractivity contribution in [1.82, 2.24) is 25.1 Å². The molecule has 112 valence electrons. The number of aliphatic hydroxyl groups is 1. The van der Waals surface area contributed by atoms with Gasteiger partial charge in [0.1, 0.15) is 6.54 Å². The number of hydrogen-bond acceptors (Lipinski definition) is 6. The van der Waals surface area contributed by atoms with E-state index in [1.165, 1.54) is 4.80 Å². The number of nitrogens with zero attached hydrogens (tertiary/aromatic N) is 5. The third-order valence-electron chi connectivity index (χ3n) is 3.64. The van der Waals surface area contributed by atoms with Crippen LogP contribution in [0.25, 0.3) is 11.4 Å². The van der Waals surface area contributed by atoms with Gasteiger partial charge in [-0.1, -0.05) is 0 Å². The van der Waals surface area contributed by atoms with E-state index in [0.29, 0.717) is 12.4 Å². The van der Waals surface area contributed by atoms with E-state index in [2.05, 4.69) is 15.4 Å². The van der Waals surface area contributed by atoms with Crippen LogP contribution in [0.2, 0.25) is 0 Å². The van der Waals surface area contributed by atoms with E-state index in [-0.39, 0.29) is 25.0 Å². The van der Waals surface area contributed by atoms with Gasteiger partial charge < -0.3 is 10.0 Å². The summed E-state index contributed by atoms with van der Waals surface area (Å²) in [5.41, 5.74) is 0.914. The molecule has 0 bridgehead atoms. The molecule has 1 unspecified atom stereocenters. The fourth-order valence-electron chi connectivity index (χ4n) is 2.48. The van der Waals surface area contributed by atoms with Crippen LogP contribution in [0.5, 0.6) is 0 Å². The number of tetrazole rings is 1. The Kier molecular flexibility index (Phi) is 4.26. The topological polar surface area (TPSA) is 84.1 Å². The number of carbonyl (C=O) groups excluding carboxylic acids is 1. The van der Waals surface area contributed by atoms with E-state index in [0.717, 1.165) is 24.9 Å². The van der Waals surface area contributed by atoms with Gasteiger partial charge in [-0.25, -0.2) is 0 Å². The first-order chi connectivity index (χ1) is 10.3. The van der Waals surface area contributed by atoms with Crippen LogP contribution in [0.3, 0.4) is 0 Å². The SMILES string of the molecule is O=C(Cn1nnc(-c2ccsc2)n1)N1CCCC(CO)C1. The lowest BCUT2D eigenvalue weighted by atomic mass is 9.99. The Morgan fingerprint density at radius 3 is 3.19 bits per heavy atom. The van der Waals surface area contributed by atoms with Gasteiger partial charge >= 0.3 is 0 Å². The molecule has 0 saturated carbocycles. The maximum absolute atomic E-state index is 12.2. The fraction of sp³-hybridized carbons (Fsp3) is 0.538. The van der Waals surface area contributed by atoms with Crippen molar-refractivity contribution in [2.24, 2.45) is 5.92 Å². The average molecular weight is 307 g/mol. The lowest BCUT2D eigenvalue weighted by Crippen LogP contribution is -2.42. The van der Waals surface area contributed by atoms with Crippen LogP contribution in [-0.4, -0.2) is 55.8 Å². The van der Waals surface area contributed by atoms with Crippen molar-refractivity contribution in [3.05, 3.63) is 16.8 Å². The average Bonchev–Trinajstić information content (AvgIpc) is 3.18. The van der Waals surface area contributed by atoms with Crippen molar-refractivity contribution in [3.63, 3.8) is 0 Å². The second-order valence-corrected chi connectivity index (χ2v) is 5.97. The van der Waals surface area contributed by atoms with Gasteiger partial charge in [-0.05, 0) is 35.4 Å². The van der Waals surface area contributed by atoms with Crippen LogP contribution in [0.1, 0.15) is 12.8 Å². The molecule has 0 aliphatic carbocycles. The number of rotatable bonds is 4. The molecule has 2 aromatic heterocycles. The van der Waals surface area contributed by atoms with Gasteiger partial charge in [0, 0.05) is 30.6 Å². The van der Waals surface area contributed by atoms with Crippen LogP contribution >= 0.6 is 11.3 Å². The molecule has 8 heteroatoms. The molecule has 1 saturated heterocycles. The lowest BCUT2D eigenvalue weighted by Gasteiger charge is -2.31. The van der Waals surface area contributed by atoms with E-state index in [4.69, 9.17) is 0 Å². The first kappa shape index (κ1) is 14.2. The van der Waals surface area contributed by atoms with Crippen molar-refractivity contribution in [1.29, 1.82) is 0 Å². The molecular weight excluding hydrogens is 290 g/mol. The van der Waals surface area contributed by atoms with Crippen molar-refractivity contribution in [2.45, 2.75) is 19.4 Å². The number of hydrogen-bond donors (Lipinski definition) is 1. The highest BCUT2D eigenvalue weighted by Gasteiger charge is 2.23. The number of thiophene rings is 1. The molecule has 3 heterocycles. The van der Waals surface area contributed by atoms with Crippen LogP contribution in [-0.2, 0) is 11.3 Å². The third-order valence-corrected chi connectivity index (χ3v) is 4.32. The fourth-order valence-corrected chi connectivity index (χ4v) is 3.11. The van der Waals surface area contributed by atoms with Gasteiger partial charge in [-0.15, -0.1) is 10.2 Å². The first-order valence-corrected chi connectivity index (χ1v) is 7.89. The largest absolute Gasteiger partial charge is 0.396 e. The van der Waals surface area contributed by atoms with E-state index in [1.807, 2.05) is 16.8 Å². The molecule has 7 nitrogen and oxygen atoms in total. The molecule has 1 aliphatic heterocycles. The molecule has 0 aromatic carbocycles. The van der Waals surface area contributed by atoms with E-state index in [1.54, 1.807) is 16.2 Å². The molecule has 3 rings (SSSR count). The number of aliphatic hydroxyl groups excluding tert-OH is 1. The van der Waals surface area contributed by atoms with Crippen LogP contribution < -0.4 is 0 Å². The van der Waals surface area contributed by atoms with Crippen LogP contribution in [0.15, 0.2) is 16.8 Å². The van der Waals surface area contributed by atoms with Crippen molar-refractivity contribution < 1.29 is 9.90 Å². The quantitative estimate of drug-likeness (QED) is 0.896. The lowest BCUT2D eigenvalue weighted by molar-refractivity contribution is -0.134. The predicted molar refractivity (Wildman–Crippen MR) is 77.5 cm³/mol. The van der Waals surface area contributed by atoms with E-state index >= 15 is 0 Å². The summed E-state index contributed by atoms with van der Waals surface area (Å²) in [7, 11) is 0. The molecule has 1 atom stereocenters. The standard InChI is InChI=1S/C13H17N5O2S/c19-8-10-2-1-4-17(6-10)12(20)7-18-15-13(14-16-18)11-3-5-21-9-11/h3,5,9-10,19H,1-2,4,6-8H2. The minimum atomic E-state index is -0.0255. The molecule has 1 N–H and O–H groups in total. The summed E-state index contributed by atoms with van der Waals surface area (Å²) in [4.78, 5) is 15.3. The number of aromatic nitrogens is 4. The number of likely N-dealkylation sites (tertiary alicyclic amines) is 1. The first-order valence-electron chi connectivity index (χ1n) is 6.95. The molecule has 1 fully saturated rings. The summed E-state index contributed by atoms with van der Waals surface area (Å²) in [5, 5.41) is 25.2. The molecule has 21 heavy (non-hydrogen) atoms. The Hall–Kier alpha value is -1.80. The summed E-state index contributed by atoms with van der Waals surface area (Å²) in [6.07, 6.45) is 1.91. The molecular formula is C13H17N5O2S. The zero-order valence-corrected chi connectivity index (χ0v) is 12.4. The maximum Gasteiger partial charge on any atom is 0.246 e. The van der Waals surface area contributed by atoms with E-state index in [9.17, 15) is 9.90 Å². The van der Waals surface area contributed by atoms with Gasteiger partial charge in [0.05, 0.1) is 0 Å². The number of piperidine rings is 1. The Morgan fingerprint density at radius 2 is 2.43 bits per heavy atom. The van der Waals surface area contributed by atoms with Gasteiger partial charge in [-0.2, -0.15) is 16.1 Å². The molecule has 0 spiro atoms. The zero-order chi connectivity index (χ0) is 14.7. The Bertz CT molecular complexity index is 597. The highest BCUT2D eigenvalue weighted by Crippen LogP contribution is 2.17. The normalized spacial score (nSPS) is 18.9. The molecule has 0 radical (unpaired) electrons. The van der Waals surface area contributed by atoms with Crippen LogP contribution in [0, 0.1) is 5.92 Å². The maximum atomic E-state index is 12.2. The Morgan fingerprint density at radius 1 is 1.52 bits per heavy atom. The van der Waals surface area contributed by atoms with Crippen molar-refractivity contribution >= 4 is 17.2 Å². The third kappa shape index (κ3) is 3.27. The Balaban J connectivity index is 1.62. The van der Waals surface area contributed by atoms with Gasteiger partial charge in [-0.3, -0.25) is 4.79 Å². The van der Waals surface area contributed by atoms with Gasteiger partial charge in [0.25, 0.3) is 0 Å². The second kappa shape index (κ2) is 6.31.